The van der Waals surface area contributed by atoms with Crippen molar-refractivity contribution in [3.63, 3.8) is 0 Å². The lowest BCUT2D eigenvalue weighted by Crippen LogP contribution is -2.39. The van der Waals surface area contributed by atoms with Crippen LogP contribution in [-0.2, 0) is 4.79 Å². The van der Waals surface area contributed by atoms with Crippen LogP contribution in [0.2, 0.25) is 10.0 Å². The normalized spacial score (nSPS) is 18.5. The zero-order valence-electron chi connectivity index (χ0n) is 13.8. The van der Waals surface area contributed by atoms with Gasteiger partial charge in [-0.05, 0) is 40.3 Å². The Balaban J connectivity index is 1.78. The summed E-state index contributed by atoms with van der Waals surface area (Å²) in [5.41, 5.74) is 1.10. The Morgan fingerprint density at radius 1 is 1.26 bits per heavy atom. The number of pyridine rings is 1. The van der Waals surface area contributed by atoms with Crippen molar-refractivity contribution in [2.75, 3.05) is 10.6 Å². The van der Waals surface area contributed by atoms with Gasteiger partial charge in [0.1, 0.15) is 17.8 Å². The number of rotatable bonds is 3. The summed E-state index contributed by atoms with van der Waals surface area (Å²) in [5, 5.41) is 18.3. The summed E-state index contributed by atoms with van der Waals surface area (Å²) in [4.78, 5) is 17.2. The summed E-state index contributed by atoms with van der Waals surface area (Å²) >= 11 is 12.4. The first kappa shape index (κ1) is 17.4. The van der Waals surface area contributed by atoms with Gasteiger partial charge >= 0.3 is 0 Å². The van der Waals surface area contributed by atoms with Crippen molar-refractivity contribution in [1.29, 1.82) is 0 Å². The maximum atomic E-state index is 13.1. The molecule has 0 fully saturated rings. The van der Waals surface area contributed by atoms with Crippen LogP contribution in [0.25, 0.3) is 0 Å². The molecule has 2 aromatic heterocycles. The highest BCUT2D eigenvalue weighted by molar-refractivity contribution is 6.35. The molecule has 4 rings (SSSR count). The van der Waals surface area contributed by atoms with E-state index < -0.39 is 12.0 Å². The first-order valence-electron chi connectivity index (χ1n) is 7.95. The maximum Gasteiger partial charge on any atom is 0.247 e. The Morgan fingerprint density at radius 3 is 2.85 bits per heavy atom. The zero-order valence-corrected chi connectivity index (χ0v) is 15.3. The topological polar surface area (TPSA) is 97.6 Å². The lowest BCUT2D eigenvalue weighted by molar-refractivity contribution is -0.119. The first-order chi connectivity index (χ1) is 13.0. The Labute approximate surface area is 164 Å². The van der Waals surface area contributed by atoms with Crippen LogP contribution >= 0.6 is 23.2 Å². The molecule has 0 saturated carbocycles. The van der Waals surface area contributed by atoms with E-state index in [0.717, 1.165) is 0 Å². The highest BCUT2D eigenvalue weighted by Gasteiger charge is 2.41. The summed E-state index contributed by atoms with van der Waals surface area (Å²) in [5.74, 6) is -0.248. The number of hydrogen-bond donors (Lipinski definition) is 2. The van der Waals surface area contributed by atoms with Crippen LogP contribution in [0.1, 0.15) is 11.6 Å². The molecule has 0 aliphatic carbocycles. The lowest BCUT2D eigenvalue weighted by Gasteiger charge is -2.33. The molecule has 136 valence electrons. The molecule has 0 radical (unpaired) electrons. The van der Waals surface area contributed by atoms with E-state index in [1.54, 1.807) is 42.6 Å². The fourth-order valence-corrected chi connectivity index (χ4v) is 3.53. The van der Waals surface area contributed by atoms with E-state index in [1.165, 1.54) is 4.68 Å². The lowest BCUT2D eigenvalue weighted by atomic mass is 9.88. The molecular formula is C17H13Cl2N7O. The summed E-state index contributed by atoms with van der Waals surface area (Å²) in [6.07, 6.45) is 1.59. The number of hydrogen-bond acceptors (Lipinski definition) is 6. The predicted octanol–water partition coefficient (Wildman–Crippen LogP) is 3.16. The minimum atomic E-state index is -0.735. The van der Waals surface area contributed by atoms with Gasteiger partial charge < -0.3 is 10.6 Å². The van der Waals surface area contributed by atoms with Gasteiger partial charge in [0.15, 0.2) is 0 Å². The molecule has 1 aromatic carbocycles. The molecule has 1 amide bonds. The number of nitrogens with zero attached hydrogens (tertiary/aromatic N) is 5. The Bertz CT molecular complexity index is 1020. The standard InChI is InChI=1S/C17H13Cl2N7O/c1-9-14(16(27)22-13-4-2-3-7-20-13)15(26-17(21-9)23-24-25-26)11-6-5-10(18)8-12(11)19/h2-8,14-15H,1H2,(H,20,22,27)(H,21,23,25). The van der Waals surface area contributed by atoms with Crippen LogP contribution in [0.3, 0.4) is 0 Å². The van der Waals surface area contributed by atoms with Crippen molar-refractivity contribution in [2.24, 2.45) is 5.92 Å². The summed E-state index contributed by atoms with van der Waals surface area (Å²) in [7, 11) is 0. The number of halogens is 2. The highest BCUT2D eigenvalue weighted by Crippen LogP contribution is 2.40. The first-order valence-corrected chi connectivity index (χ1v) is 8.70. The number of amides is 1. The van der Waals surface area contributed by atoms with Crippen molar-refractivity contribution in [1.82, 2.24) is 25.2 Å². The van der Waals surface area contributed by atoms with Crippen LogP contribution in [0.4, 0.5) is 11.8 Å². The maximum absolute atomic E-state index is 13.1. The number of fused-ring (bicyclic) bond motifs is 1. The van der Waals surface area contributed by atoms with Crippen LogP contribution in [0.5, 0.6) is 0 Å². The van der Waals surface area contributed by atoms with Gasteiger partial charge in [0.2, 0.25) is 11.9 Å². The van der Waals surface area contributed by atoms with E-state index in [4.69, 9.17) is 23.2 Å². The van der Waals surface area contributed by atoms with Crippen molar-refractivity contribution >= 4 is 40.9 Å². The third-order valence-electron chi connectivity index (χ3n) is 4.20. The molecule has 2 N–H and O–H groups in total. The number of nitrogens with one attached hydrogen (secondary N) is 2. The van der Waals surface area contributed by atoms with E-state index in [-0.39, 0.29) is 5.91 Å². The molecule has 27 heavy (non-hydrogen) atoms. The number of carbonyl (C=O) groups is 1. The minimum absolute atomic E-state index is 0.316. The average molecular weight is 402 g/mol. The minimum Gasteiger partial charge on any atom is -0.326 e. The van der Waals surface area contributed by atoms with Gasteiger partial charge in [0.25, 0.3) is 0 Å². The fraction of sp³-hybridized carbons (Fsp3) is 0.118. The predicted molar refractivity (Wildman–Crippen MR) is 102 cm³/mol. The monoisotopic (exact) mass is 401 g/mol. The number of tetrazole rings is 1. The van der Waals surface area contributed by atoms with E-state index in [2.05, 4.69) is 37.7 Å². The number of carbonyl (C=O) groups excluding carboxylic acids is 1. The van der Waals surface area contributed by atoms with Gasteiger partial charge in [-0.15, -0.1) is 0 Å². The average Bonchev–Trinajstić information content (AvgIpc) is 3.09. The van der Waals surface area contributed by atoms with Gasteiger partial charge in [0.05, 0.1) is 0 Å². The molecule has 10 heteroatoms. The van der Waals surface area contributed by atoms with Gasteiger partial charge in [-0.1, -0.05) is 47.0 Å². The van der Waals surface area contributed by atoms with Crippen molar-refractivity contribution in [3.05, 3.63) is 70.5 Å². The largest absolute Gasteiger partial charge is 0.326 e. The fourth-order valence-electron chi connectivity index (χ4n) is 3.01. The van der Waals surface area contributed by atoms with Crippen LogP contribution < -0.4 is 10.6 Å². The Morgan fingerprint density at radius 2 is 2.11 bits per heavy atom. The second-order valence-electron chi connectivity index (χ2n) is 5.89. The molecule has 1 aliphatic rings. The van der Waals surface area contributed by atoms with Crippen molar-refractivity contribution in [2.45, 2.75) is 6.04 Å². The summed E-state index contributed by atoms with van der Waals surface area (Å²) in [6, 6.07) is 9.71. The second kappa shape index (κ2) is 6.98. The van der Waals surface area contributed by atoms with Crippen LogP contribution in [0.15, 0.2) is 54.9 Å². The van der Waals surface area contributed by atoms with Crippen LogP contribution in [-0.4, -0.2) is 31.1 Å². The molecule has 2 unspecified atom stereocenters. The third kappa shape index (κ3) is 3.24. The van der Waals surface area contributed by atoms with E-state index in [9.17, 15) is 4.79 Å². The smallest absolute Gasteiger partial charge is 0.247 e. The molecule has 2 atom stereocenters. The zero-order chi connectivity index (χ0) is 19.0. The van der Waals surface area contributed by atoms with Gasteiger partial charge in [-0.3, -0.25) is 4.79 Å². The summed E-state index contributed by atoms with van der Waals surface area (Å²) < 4.78 is 1.51. The molecular weight excluding hydrogens is 389 g/mol. The molecule has 0 bridgehead atoms. The van der Waals surface area contributed by atoms with Crippen molar-refractivity contribution in [3.8, 4) is 0 Å². The SMILES string of the molecule is C=C1Nc2nnnn2C(c2ccc(Cl)cc2Cl)C1C(=O)Nc1ccccn1. The van der Waals surface area contributed by atoms with Crippen molar-refractivity contribution < 1.29 is 4.79 Å². The van der Waals surface area contributed by atoms with Crippen LogP contribution in [0, 0.1) is 5.92 Å². The van der Waals surface area contributed by atoms with Gasteiger partial charge in [-0.25, -0.2) is 9.67 Å². The van der Waals surface area contributed by atoms with E-state index >= 15 is 0 Å². The van der Waals surface area contributed by atoms with Gasteiger partial charge in [-0.2, -0.15) is 0 Å². The Kier molecular flexibility index (Phi) is 4.51. The second-order valence-corrected chi connectivity index (χ2v) is 6.73. The van der Waals surface area contributed by atoms with Gasteiger partial charge in [0, 0.05) is 21.9 Å². The Hall–Kier alpha value is -2.97. The van der Waals surface area contributed by atoms with E-state index in [0.29, 0.717) is 33.1 Å². The van der Waals surface area contributed by atoms with E-state index in [1.807, 2.05) is 0 Å². The molecule has 3 aromatic rings. The number of aromatic nitrogens is 5. The summed E-state index contributed by atoms with van der Waals surface area (Å²) in [6.45, 7) is 3.99. The highest BCUT2D eigenvalue weighted by atomic mass is 35.5. The quantitative estimate of drug-likeness (QED) is 0.699. The number of benzene rings is 1. The molecule has 0 saturated heterocycles. The molecule has 3 heterocycles. The molecule has 1 aliphatic heterocycles. The molecule has 8 nitrogen and oxygen atoms in total. The molecule has 0 spiro atoms. The number of anilines is 2. The third-order valence-corrected chi connectivity index (χ3v) is 4.76.